The van der Waals surface area contributed by atoms with Crippen molar-refractivity contribution in [2.75, 3.05) is 0 Å². The molecule has 38 heavy (non-hydrogen) atoms. The predicted molar refractivity (Wildman–Crippen MR) is 140 cm³/mol. The quantitative estimate of drug-likeness (QED) is 0.160. The topological polar surface area (TPSA) is 183 Å². The average molecular weight is 534 g/mol. The number of H-pyrrole nitrogens is 1. The maximum absolute atomic E-state index is 13.5. The Labute approximate surface area is 222 Å². The number of thioether (sulfide) groups is 1. The molecule has 0 bridgehead atoms. The van der Waals surface area contributed by atoms with Crippen LogP contribution in [0.5, 0.6) is 0 Å². The zero-order chi connectivity index (χ0) is 27.0. The molecule has 13 heteroatoms. The fraction of sp³-hybridized carbons (Fsp3) is 0.320. The van der Waals surface area contributed by atoms with Crippen molar-refractivity contribution in [3.63, 3.8) is 0 Å². The van der Waals surface area contributed by atoms with Crippen LogP contribution in [0.3, 0.4) is 0 Å². The van der Waals surface area contributed by atoms with Crippen molar-refractivity contribution in [2.45, 2.75) is 48.5 Å². The number of aromatic amines is 1. The van der Waals surface area contributed by atoms with E-state index in [0.29, 0.717) is 22.5 Å². The van der Waals surface area contributed by atoms with Crippen LogP contribution < -0.4 is 16.4 Å². The Balaban J connectivity index is 1.33. The van der Waals surface area contributed by atoms with Gasteiger partial charge in [-0.05, 0) is 25.0 Å². The molecule has 3 heterocycles. The lowest BCUT2D eigenvalue weighted by Crippen LogP contribution is -2.68. The monoisotopic (exact) mass is 533 g/mol. The van der Waals surface area contributed by atoms with Crippen molar-refractivity contribution < 1.29 is 14.4 Å². The smallest absolute Gasteiger partial charge is 0.249 e. The van der Waals surface area contributed by atoms with Crippen LogP contribution in [0, 0.1) is 5.41 Å². The van der Waals surface area contributed by atoms with Gasteiger partial charge in [0, 0.05) is 10.3 Å². The summed E-state index contributed by atoms with van der Waals surface area (Å²) in [6.07, 6.45) is -0.0679. The van der Waals surface area contributed by atoms with Gasteiger partial charge in [0.15, 0.2) is 5.82 Å². The summed E-state index contributed by atoms with van der Waals surface area (Å²) in [6.45, 7) is 3.99. The van der Waals surface area contributed by atoms with Gasteiger partial charge in [0.25, 0.3) is 0 Å². The highest BCUT2D eigenvalue weighted by Gasteiger charge is 2.63. The van der Waals surface area contributed by atoms with Gasteiger partial charge < -0.3 is 21.3 Å². The third-order valence-corrected chi connectivity index (χ3v) is 8.28. The SMILES string of the molecule is CC1(C)S[C@H]2C(NC(=O)C(NC(=O)Cc3ccccc3C(=N)N)c3ccccc3)C(=O)N2C1c1nn[nH]n1. The molecular formula is C25H27N9O3S. The minimum absolute atomic E-state index is 0.0679. The van der Waals surface area contributed by atoms with Crippen LogP contribution in [0.4, 0.5) is 0 Å². The van der Waals surface area contributed by atoms with E-state index < -0.39 is 28.6 Å². The Hall–Kier alpha value is -4.26. The van der Waals surface area contributed by atoms with Crippen LogP contribution in [-0.2, 0) is 20.8 Å². The van der Waals surface area contributed by atoms with Crippen molar-refractivity contribution in [1.29, 1.82) is 5.41 Å². The molecule has 0 spiro atoms. The summed E-state index contributed by atoms with van der Waals surface area (Å²) in [4.78, 5) is 41.4. The molecule has 12 nitrogen and oxygen atoms in total. The molecule has 5 rings (SSSR count). The highest BCUT2D eigenvalue weighted by molar-refractivity contribution is 8.01. The van der Waals surface area contributed by atoms with Gasteiger partial charge in [0.2, 0.25) is 17.7 Å². The normalized spacial score (nSPS) is 22.2. The van der Waals surface area contributed by atoms with Crippen LogP contribution in [0.2, 0.25) is 0 Å². The molecular weight excluding hydrogens is 506 g/mol. The molecule has 0 saturated carbocycles. The first-order valence-electron chi connectivity index (χ1n) is 12.0. The van der Waals surface area contributed by atoms with E-state index in [2.05, 4.69) is 31.3 Å². The largest absolute Gasteiger partial charge is 0.384 e. The second kappa shape index (κ2) is 9.89. The van der Waals surface area contributed by atoms with Crippen LogP contribution in [0.25, 0.3) is 0 Å². The number of carbonyl (C=O) groups is 3. The van der Waals surface area contributed by atoms with E-state index in [1.807, 2.05) is 19.9 Å². The van der Waals surface area contributed by atoms with E-state index in [0.717, 1.165) is 0 Å². The van der Waals surface area contributed by atoms with Crippen LogP contribution in [0.15, 0.2) is 54.6 Å². The number of aromatic nitrogens is 4. The van der Waals surface area contributed by atoms with Gasteiger partial charge in [-0.15, -0.1) is 22.0 Å². The summed E-state index contributed by atoms with van der Waals surface area (Å²) < 4.78 is -0.402. The van der Waals surface area contributed by atoms with Crippen LogP contribution in [0.1, 0.15) is 48.4 Å². The number of nitrogen functional groups attached to an aromatic ring is 1. The van der Waals surface area contributed by atoms with Gasteiger partial charge in [-0.25, -0.2) is 0 Å². The summed E-state index contributed by atoms with van der Waals surface area (Å²) >= 11 is 1.55. The highest BCUT2D eigenvalue weighted by Crippen LogP contribution is 2.56. The maximum Gasteiger partial charge on any atom is 0.249 e. The summed E-state index contributed by atoms with van der Waals surface area (Å²) in [5.74, 6) is -0.885. The van der Waals surface area contributed by atoms with Crippen molar-refractivity contribution in [2.24, 2.45) is 5.73 Å². The first kappa shape index (κ1) is 25.4. The zero-order valence-corrected chi connectivity index (χ0v) is 21.5. The number of hydrogen-bond donors (Lipinski definition) is 5. The van der Waals surface area contributed by atoms with E-state index in [1.54, 1.807) is 65.2 Å². The van der Waals surface area contributed by atoms with Gasteiger partial charge in [0.05, 0.1) is 6.42 Å². The summed E-state index contributed by atoms with van der Waals surface area (Å²) in [5.41, 5.74) is 7.27. The standard InChI is InChI=1S/C25H27N9O3S/c1-25(2)19(21-30-32-33-31-21)34-23(37)18(24(34)38-25)29-22(36)17(13-8-4-3-5-9-13)28-16(35)12-14-10-6-7-11-15(14)20(26)27/h3-11,17-19,24H,12H2,1-2H3,(H3,26,27)(H,28,35)(H,29,36)(H,30,31,32,33)/t17?,18?,19?,24-/m0/s1. The predicted octanol–water partition coefficient (Wildman–Crippen LogP) is 0.804. The third-order valence-electron chi connectivity index (χ3n) is 6.70. The Bertz CT molecular complexity index is 1380. The number of fused-ring (bicyclic) bond motifs is 1. The number of carbonyl (C=O) groups excluding carboxylic acids is 3. The number of benzene rings is 2. The molecule has 3 amide bonds. The van der Waals surface area contributed by atoms with Gasteiger partial charge in [0.1, 0.15) is 29.3 Å². The molecule has 6 N–H and O–H groups in total. The third kappa shape index (κ3) is 4.60. The first-order valence-corrected chi connectivity index (χ1v) is 12.9. The summed E-state index contributed by atoms with van der Waals surface area (Å²) in [6, 6.07) is 13.5. The second-order valence-corrected chi connectivity index (χ2v) is 11.4. The zero-order valence-electron chi connectivity index (χ0n) is 20.7. The highest BCUT2D eigenvalue weighted by atomic mass is 32.2. The van der Waals surface area contributed by atoms with Gasteiger partial charge >= 0.3 is 0 Å². The fourth-order valence-electron chi connectivity index (χ4n) is 4.95. The van der Waals surface area contributed by atoms with Gasteiger partial charge in [-0.1, -0.05) is 59.8 Å². The summed E-state index contributed by atoms with van der Waals surface area (Å²) in [7, 11) is 0. The van der Waals surface area contributed by atoms with E-state index in [1.165, 1.54) is 0 Å². The van der Waals surface area contributed by atoms with Crippen molar-refractivity contribution >= 4 is 35.3 Å². The summed E-state index contributed by atoms with van der Waals surface area (Å²) in [5, 5.41) is 27.3. The van der Waals surface area contributed by atoms with E-state index in [-0.39, 0.29) is 29.6 Å². The lowest BCUT2D eigenvalue weighted by atomic mass is 9.95. The number of tetrazole rings is 1. The van der Waals surface area contributed by atoms with E-state index >= 15 is 0 Å². The van der Waals surface area contributed by atoms with Crippen molar-refractivity contribution in [3.8, 4) is 0 Å². The molecule has 2 aliphatic heterocycles. The Morgan fingerprint density at radius 3 is 2.58 bits per heavy atom. The van der Waals surface area contributed by atoms with Crippen LogP contribution in [-0.4, -0.2) is 65.2 Å². The molecule has 0 radical (unpaired) electrons. The molecule has 2 fully saturated rings. The molecule has 1 aromatic heterocycles. The lowest BCUT2D eigenvalue weighted by molar-refractivity contribution is -0.152. The van der Waals surface area contributed by atoms with Gasteiger partial charge in [-0.3, -0.25) is 19.8 Å². The number of β-lactam (4-membered cyclic amide) rings is 1. The Morgan fingerprint density at radius 1 is 1.18 bits per heavy atom. The average Bonchev–Trinajstić information content (AvgIpc) is 3.50. The molecule has 196 valence electrons. The number of nitrogens with one attached hydrogen (secondary N) is 4. The van der Waals surface area contributed by atoms with E-state index in [9.17, 15) is 14.4 Å². The molecule has 2 aliphatic rings. The number of nitrogens with two attached hydrogens (primary N) is 1. The number of amidine groups is 1. The Kier molecular flexibility index (Phi) is 6.61. The van der Waals surface area contributed by atoms with E-state index in [4.69, 9.17) is 11.1 Å². The number of nitrogens with zero attached hydrogens (tertiary/aromatic N) is 4. The second-order valence-electron chi connectivity index (χ2n) is 9.67. The van der Waals surface area contributed by atoms with Crippen LogP contribution >= 0.6 is 11.8 Å². The first-order chi connectivity index (χ1) is 18.2. The van der Waals surface area contributed by atoms with Gasteiger partial charge in [-0.2, -0.15) is 5.21 Å². The fourth-order valence-corrected chi connectivity index (χ4v) is 6.58. The molecule has 3 unspecified atom stereocenters. The number of amides is 3. The maximum atomic E-state index is 13.5. The number of rotatable bonds is 8. The Morgan fingerprint density at radius 2 is 1.89 bits per heavy atom. The lowest BCUT2D eigenvalue weighted by Gasteiger charge is -2.44. The number of hydrogen-bond acceptors (Lipinski definition) is 8. The molecule has 4 atom stereocenters. The minimum atomic E-state index is -1.03. The molecule has 2 saturated heterocycles. The molecule has 2 aromatic carbocycles. The minimum Gasteiger partial charge on any atom is -0.384 e. The molecule has 3 aromatic rings. The van der Waals surface area contributed by atoms with Crippen molar-refractivity contribution in [1.82, 2.24) is 36.2 Å². The molecule has 0 aliphatic carbocycles. The van der Waals surface area contributed by atoms with Crippen molar-refractivity contribution in [3.05, 3.63) is 77.1 Å².